The van der Waals surface area contributed by atoms with Crippen molar-refractivity contribution >= 4 is 10.0 Å². The van der Waals surface area contributed by atoms with E-state index >= 15 is 0 Å². The maximum atomic E-state index is 12.3. The van der Waals surface area contributed by atoms with E-state index in [9.17, 15) is 8.42 Å². The summed E-state index contributed by atoms with van der Waals surface area (Å²) in [6, 6.07) is 0.156. The van der Waals surface area contributed by atoms with Crippen molar-refractivity contribution in [2.75, 3.05) is 18.8 Å². The topological polar surface area (TPSA) is 68.1 Å². The van der Waals surface area contributed by atoms with Crippen molar-refractivity contribution in [3.63, 3.8) is 0 Å². The molecule has 6 nitrogen and oxygen atoms in total. The lowest BCUT2D eigenvalue weighted by Gasteiger charge is -2.38. The van der Waals surface area contributed by atoms with E-state index in [2.05, 4.69) is 10.3 Å². The Morgan fingerprint density at radius 1 is 1.16 bits per heavy atom. The third kappa shape index (κ3) is 2.81. The Balaban J connectivity index is 1.54. The van der Waals surface area contributed by atoms with Crippen LogP contribution >= 0.6 is 0 Å². The molecule has 1 aromatic rings. The third-order valence-corrected chi connectivity index (χ3v) is 6.19. The maximum absolute atomic E-state index is 12.3. The molecule has 0 radical (unpaired) electrons. The normalized spacial score (nSPS) is 23.4. The second-order valence-electron chi connectivity index (χ2n) is 5.64. The Hall–Kier alpha value is -0.950. The second-order valence-corrected chi connectivity index (χ2v) is 7.65. The van der Waals surface area contributed by atoms with Crippen LogP contribution in [0.1, 0.15) is 38.1 Å². The Kier molecular flexibility index (Phi) is 3.58. The van der Waals surface area contributed by atoms with Crippen molar-refractivity contribution in [1.82, 2.24) is 19.3 Å². The minimum atomic E-state index is -3.08. The molecule has 0 unspecified atom stereocenters. The predicted octanol–water partition coefficient (Wildman–Crippen LogP) is 1.04. The van der Waals surface area contributed by atoms with Gasteiger partial charge in [0, 0.05) is 19.3 Å². The fourth-order valence-electron chi connectivity index (χ4n) is 2.98. The highest BCUT2D eigenvalue weighted by atomic mass is 32.2. The van der Waals surface area contributed by atoms with Gasteiger partial charge in [0.15, 0.2) is 0 Å². The lowest BCUT2D eigenvalue weighted by atomic mass is 9.91. The van der Waals surface area contributed by atoms with Crippen molar-refractivity contribution in [2.24, 2.45) is 5.92 Å². The highest BCUT2D eigenvalue weighted by Gasteiger charge is 2.38. The van der Waals surface area contributed by atoms with E-state index in [0.717, 1.165) is 12.8 Å². The lowest BCUT2D eigenvalue weighted by molar-refractivity contribution is 0.187. The highest BCUT2D eigenvalue weighted by molar-refractivity contribution is 7.89. The van der Waals surface area contributed by atoms with Crippen molar-refractivity contribution in [2.45, 2.75) is 38.1 Å². The summed E-state index contributed by atoms with van der Waals surface area (Å²) < 4.78 is 27.9. The zero-order valence-corrected chi connectivity index (χ0v) is 11.8. The molecule has 0 spiro atoms. The molecule has 1 saturated carbocycles. The van der Waals surface area contributed by atoms with E-state index in [1.165, 1.54) is 19.3 Å². The molecule has 0 atom stereocenters. The molecule has 1 aromatic heterocycles. The highest BCUT2D eigenvalue weighted by Crippen LogP contribution is 2.29. The van der Waals surface area contributed by atoms with Crippen LogP contribution in [0, 0.1) is 5.92 Å². The molecular weight excluding hydrogens is 264 g/mol. The van der Waals surface area contributed by atoms with E-state index in [1.807, 2.05) is 0 Å². The van der Waals surface area contributed by atoms with Crippen LogP contribution in [0.15, 0.2) is 12.4 Å². The van der Waals surface area contributed by atoms with E-state index in [-0.39, 0.29) is 6.04 Å². The van der Waals surface area contributed by atoms with Gasteiger partial charge < -0.3 is 0 Å². The molecule has 2 fully saturated rings. The van der Waals surface area contributed by atoms with Gasteiger partial charge in [-0.2, -0.15) is 4.31 Å². The van der Waals surface area contributed by atoms with Crippen LogP contribution in [0.4, 0.5) is 0 Å². The SMILES string of the molecule is O=S(=O)(CC1CCCCC1)N1CC(n2ccnn2)C1. The standard InChI is InChI=1S/C12H20N4O2S/c17-19(18,10-11-4-2-1-3-5-11)15-8-12(9-15)16-7-6-13-14-16/h6-7,11-12H,1-5,8-10H2. The van der Waals surface area contributed by atoms with E-state index in [1.54, 1.807) is 21.4 Å². The third-order valence-electron chi connectivity index (χ3n) is 4.21. The molecule has 0 bridgehead atoms. The Labute approximate surface area is 113 Å². The largest absolute Gasteiger partial charge is 0.247 e. The van der Waals surface area contributed by atoms with Crippen molar-refractivity contribution in [1.29, 1.82) is 0 Å². The molecule has 1 saturated heterocycles. The zero-order valence-electron chi connectivity index (χ0n) is 11.0. The molecule has 2 heterocycles. The van der Waals surface area contributed by atoms with Gasteiger partial charge in [-0.25, -0.2) is 13.1 Å². The average Bonchev–Trinajstić information content (AvgIpc) is 2.80. The van der Waals surface area contributed by atoms with Crippen LogP contribution in [-0.4, -0.2) is 46.6 Å². The average molecular weight is 284 g/mol. The van der Waals surface area contributed by atoms with E-state index < -0.39 is 10.0 Å². The molecule has 106 valence electrons. The predicted molar refractivity (Wildman–Crippen MR) is 71.0 cm³/mol. The van der Waals surface area contributed by atoms with Gasteiger partial charge in [-0.15, -0.1) is 5.10 Å². The summed E-state index contributed by atoms with van der Waals surface area (Å²) in [5.74, 6) is 0.695. The Bertz CT molecular complexity index is 502. The Morgan fingerprint density at radius 2 is 1.89 bits per heavy atom. The van der Waals surface area contributed by atoms with Crippen LogP contribution in [0.5, 0.6) is 0 Å². The fraction of sp³-hybridized carbons (Fsp3) is 0.833. The minimum Gasteiger partial charge on any atom is -0.247 e. The summed E-state index contributed by atoms with van der Waals surface area (Å²) in [5, 5.41) is 7.67. The summed E-state index contributed by atoms with van der Waals surface area (Å²) in [6.07, 6.45) is 9.17. The van der Waals surface area contributed by atoms with Gasteiger partial charge in [-0.05, 0) is 18.8 Å². The second kappa shape index (κ2) is 5.20. The summed E-state index contributed by atoms with van der Waals surface area (Å²) in [4.78, 5) is 0. The molecule has 1 aliphatic carbocycles. The van der Waals surface area contributed by atoms with Crippen LogP contribution in [0.2, 0.25) is 0 Å². The first kappa shape index (κ1) is 13.1. The quantitative estimate of drug-likeness (QED) is 0.828. The van der Waals surface area contributed by atoms with Gasteiger partial charge in [-0.1, -0.05) is 24.5 Å². The van der Waals surface area contributed by atoms with Crippen LogP contribution in [-0.2, 0) is 10.0 Å². The van der Waals surface area contributed by atoms with E-state index in [4.69, 9.17) is 0 Å². The summed E-state index contributed by atoms with van der Waals surface area (Å²) in [7, 11) is -3.08. The number of aromatic nitrogens is 3. The first-order valence-electron chi connectivity index (χ1n) is 6.99. The lowest BCUT2D eigenvalue weighted by Crippen LogP contribution is -2.52. The summed E-state index contributed by atoms with van der Waals surface area (Å²) >= 11 is 0. The number of hydrogen-bond acceptors (Lipinski definition) is 4. The molecule has 1 aliphatic heterocycles. The molecule has 3 rings (SSSR count). The fourth-order valence-corrected chi connectivity index (χ4v) is 4.92. The molecule has 0 aromatic carbocycles. The summed E-state index contributed by atoms with van der Waals surface area (Å²) in [6.45, 7) is 1.08. The number of sulfonamides is 1. The van der Waals surface area contributed by atoms with Crippen LogP contribution < -0.4 is 0 Å². The minimum absolute atomic E-state index is 0.156. The monoisotopic (exact) mass is 284 g/mol. The first-order valence-corrected chi connectivity index (χ1v) is 8.60. The van der Waals surface area contributed by atoms with E-state index in [0.29, 0.717) is 24.8 Å². The molecule has 0 amide bonds. The van der Waals surface area contributed by atoms with Crippen molar-refractivity contribution in [3.8, 4) is 0 Å². The van der Waals surface area contributed by atoms with Crippen LogP contribution in [0.3, 0.4) is 0 Å². The maximum Gasteiger partial charge on any atom is 0.214 e. The number of rotatable bonds is 4. The van der Waals surface area contributed by atoms with Crippen molar-refractivity contribution < 1.29 is 8.42 Å². The zero-order chi connectivity index (χ0) is 13.3. The number of nitrogens with zero attached hydrogens (tertiary/aromatic N) is 4. The first-order chi connectivity index (χ1) is 9.15. The Morgan fingerprint density at radius 3 is 2.53 bits per heavy atom. The van der Waals surface area contributed by atoms with Gasteiger partial charge in [0.1, 0.15) is 0 Å². The van der Waals surface area contributed by atoms with Gasteiger partial charge in [0.25, 0.3) is 0 Å². The molecule has 2 aliphatic rings. The molecule has 0 N–H and O–H groups in total. The molecule has 19 heavy (non-hydrogen) atoms. The molecular formula is C12H20N4O2S. The van der Waals surface area contributed by atoms with Crippen molar-refractivity contribution in [3.05, 3.63) is 12.4 Å². The van der Waals surface area contributed by atoms with Gasteiger partial charge in [-0.3, -0.25) is 0 Å². The number of hydrogen-bond donors (Lipinski definition) is 0. The van der Waals surface area contributed by atoms with Crippen LogP contribution in [0.25, 0.3) is 0 Å². The summed E-state index contributed by atoms with van der Waals surface area (Å²) in [5.41, 5.74) is 0. The van der Waals surface area contributed by atoms with Gasteiger partial charge in [0.05, 0.1) is 18.0 Å². The van der Waals surface area contributed by atoms with Gasteiger partial charge in [0.2, 0.25) is 10.0 Å². The van der Waals surface area contributed by atoms with Gasteiger partial charge >= 0.3 is 0 Å². The molecule has 7 heteroatoms. The smallest absolute Gasteiger partial charge is 0.214 e.